The van der Waals surface area contributed by atoms with Crippen LogP contribution in [0.3, 0.4) is 0 Å². The van der Waals surface area contributed by atoms with Crippen molar-refractivity contribution >= 4 is 41.2 Å². The van der Waals surface area contributed by atoms with Gasteiger partial charge in [-0.3, -0.25) is 14.6 Å². The van der Waals surface area contributed by atoms with Gasteiger partial charge in [-0.05, 0) is 61.2 Å². The molecule has 0 saturated carbocycles. The smallest absolute Gasteiger partial charge is 0.267 e. The zero-order valence-electron chi connectivity index (χ0n) is 21.1. The molecular weight excluding hydrogens is 486 g/mol. The van der Waals surface area contributed by atoms with Crippen molar-refractivity contribution in [3.8, 4) is 11.5 Å². The third kappa shape index (κ3) is 9.58. The van der Waals surface area contributed by atoms with Crippen LogP contribution in [0, 0.1) is 6.92 Å². The van der Waals surface area contributed by atoms with Crippen molar-refractivity contribution in [1.29, 1.82) is 0 Å². The van der Waals surface area contributed by atoms with Gasteiger partial charge in [-0.2, -0.15) is 0 Å². The van der Waals surface area contributed by atoms with Crippen LogP contribution in [0.1, 0.15) is 51.8 Å². The number of nitrogens with zero attached hydrogens (tertiary/aromatic N) is 2. The molecule has 0 bridgehead atoms. The highest BCUT2D eigenvalue weighted by Gasteiger charge is 2.06. The molecular formula is C28H31N5O3S. The van der Waals surface area contributed by atoms with E-state index in [-0.39, 0.29) is 5.69 Å². The van der Waals surface area contributed by atoms with Crippen molar-refractivity contribution in [3.05, 3.63) is 101 Å². The summed E-state index contributed by atoms with van der Waals surface area (Å²) < 4.78 is 5.74. The van der Waals surface area contributed by atoms with Crippen LogP contribution in [0.15, 0.2) is 78.8 Å². The Labute approximate surface area is 220 Å². The van der Waals surface area contributed by atoms with E-state index in [1.165, 1.54) is 23.6 Å². The highest BCUT2D eigenvalue weighted by atomic mass is 32.1. The summed E-state index contributed by atoms with van der Waals surface area (Å²) in [6.45, 7) is 9.67. The molecule has 1 aromatic carbocycles. The van der Waals surface area contributed by atoms with Gasteiger partial charge in [0.15, 0.2) is 6.29 Å². The summed E-state index contributed by atoms with van der Waals surface area (Å²) in [5.41, 5.74) is 8.10. The zero-order chi connectivity index (χ0) is 27.0. The molecule has 0 radical (unpaired) electrons. The molecule has 0 atom stereocenters. The topological polar surface area (TPSA) is 123 Å². The molecule has 0 saturated heterocycles. The van der Waals surface area contributed by atoms with Crippen LogP contribution in [0.25, 0.3) is 6.08 Å². The maximum Gasteiger partial charge on any atom is 0.267 e. The number of carbonyl (C=O) groups is 2. The molecule has 4 N–H and O–H groups in total. The van der Waals surface area contributed by atoms with Gasteiger partial charge in [0.2, 0.25) is 5.95 Å². The van der Waals surface area contributed by atoms with E-state index in [1.54, 1.807) is 12.1 Å². The minimum Gasteiger partial charge on any atom is -0.457 e. The Bertz CT molecular complexity index is 1300. The number of aromatic amines is 1. The number of allylic oxidation sites excluding steroid dienone is 2. The van der Waals surface area contributed by atoms with Crippen LogP contribution in [0.2, 0.25) is 0 Å². The van der Waals surface area contributed by atoms with E-state index in [4.69, 9.17) is 10.5 Å². The number of amides is 1. The van der Waals surface area contributed by atoms with Gasteiger partial charge < -0.3 is 20.8 Å². The molecule has 1 amide bonds. The lowest BCUT2D eigenvalue weighted by molar-refractivity contribution is 0.0994. The minimum atomic E-state index is -0.600. The molecule has 9 heteroatoms. The summed E-state index contributed by atoms with van der Waals surface area (Å²) in [5, 5.41) is 5.10. The number of aldehydes is 1. The highest BCUT2D eigenvalue weighted by molar-refractivity contribution is 7.11. The van der Waals surface area contributed by atoms with E-state index in [2.05, 4.69) is 26.8 Å². The first-order valence-electron chi connectivity index (χ1n) is 11.6. The molecule has 8 nitrogen and oxygen atoms in total. The van der Waals surface area contributed by atoms with Crippen LogP contribution in [-0.4, -0.2) is 27.1 Å². The number of pyridine rings is 1. The Balaban J connectivity index is 0.000000455. The number of aryl methyl sites for hydroxylation is 1. The van der Waals surface area contributed by atoms with Crippen molar-refractivity contribution in [2.75, 3.05) is 5.32 Å². The van der Waals surface area contributed by atoms with Gasteiger partial charge >= 0.3 is 0 Å². The number of hydrogen-bond acceptors (Lipinski definition) is 7. The molecule has 0 aliphatic heterocycles. The monoisotopic (exact) mass is 517 g/mol. The lowest BCUT2D eigenvalue weighted by Crippen LogP contribution is -2.12. The summed E-state index contributed by atoms with van der Waals surface area (Å²) in [4.78, 5) is 33.5. The minimum absolute atomic E-state index is 0.155. The number of primary amides is 1. The second kappa shape index (κ2) is 15.5. The Morgan fingerprint density at radius 3 is 2.54 bits per heavy atom. The van der Waals surface area contributed by atoms with Crippen molar-refractivity contribution in [3.63, 3.8) is 0 Å². The van der Waals surface area contributed by atoms with E-state index in [0.717, 1.165) is 34.7 Å². The van der Waals surface area contributed by atoms with E-state index in [9.17, 15) is 9.59 Å². The molecule has 0 spiro atoms. The SMILES string of the molecule is C=CCC=Cc1nc(Nc2ccc(Oc3ccnc(C(N)=O)c3)cc2)[nH]c1C.CC.O=Cc1cccs1. The van der Waals surface area contributed by atoms with Gasteiger partial charge in [-0.15, -0.1) is 17.9 Å². The Morgan fingerprint density at radius 1 is 1.19 bits per heavy atom. The number of nitrogens with two attached hydrogens (primary N) is 1. The fraction of sp³-hybridized carbons (Fsp3) is 0.143. The predicted octanol–water partition coefficient (Wildman–Crippen LogP) is 6.92. The summed E-state index contributed by atoms with van der Waals surface area (Å²) >= 11 is 1.45. The average molecular weight is 518 g/mol. The van der Waals surface area contributed by atoms with Crippen LogP contribution >= 0.6 is 11.3 Å². The number of H-pyrrole nitrogens is 1. The lowest BCUT2D eigenvalue weighted by atomic mass is 10.3. The van der Waals surface area contributed by atoms with E-state index in [0.29, 0.717) is 17.4 Å². The number of nitrogens with one attached hydrogen (secondary N) is 2. The van der Waals surface area contributed by atoms with E-state index >= 15 is 0 Å². The number of ether oxygens (including phenoxy) is 1. The van der Waals surface area contributed by atoms with Gasteiger partial charge in [-0.25, -0.2) is 4.98 Å². The first kappa shape index (κ1) is 28.7. The molecule has 3 heterocycles. The molecule has 3 aromatic heterocycles. The van der Waals surface area contributed by atoms with E-state index in [1.807, 2.05) is 74.7 Å². The van der Waals surface area contributed by atoms with Crippen molar-refractivity contribution in [2.45, 2.75) is 27.2 Å². The maximum absolute atomic E-state index is 11.2. The Morgan fingerprint density at radius 2 is 1.95 bits per heavy atom. The number of hydrogen-bond donors (Lipinski definition) is 3. The van der Waals surface area contributed by atoms with Crippen molar-refractivity contribution < 1.29 is 14.3 Å². The number of rotatable bonds is 9. The fourth-order valence-corrected chi connectivity index (χ4v) is 3.35. The van der Waals surface area contributed by atoms with Crippen LogP contribution in [-0.2, 0) is 0 Å². The molecule has 4 rings (SSSR count). The van der Waals surface area contributed by atoms with Gasteiger partial charge in [-0.1, -0.05) is 32.1 Å². The number of carbonyl (C=O) groups excluding carboxylic acids is 2. The van der Waals surface area contributed by atoms with Crippen molar-refractivity contribution in [2.24, 2.45) is 5.73 Å². The third-order valence-corrected chi connectivity index (χ3v) is 5.29. The Hall–Kier alpha value is -4.50. The average Bonchev–Trinajstić information content (AvgIpc) is 3.57. The fourth-order valence-electron chi connectivity index (χ4n) is 2.82. The number of imidazole rings is 1. The van der Waals surface area contributed by atoms with Crippen molar-refractivity contribution in [1.82, 2.24) is 15.0 Å². The van der Waals surface area contributed by atoms with Crippen LogP contribution < -0.4 is 15.8 Å². The third-order valence-electron chi connectivity index (χ3n) is 4.50. The molecule has 0 fully saturated rings. The van der Waals surface area contributed by atoms with Gasteiger partial charge in [0.05, 0.1) is 10.6 Å². The first-order valence-corrected chi connectivity index (χ1v) is 12.5. The molecule has 37 heavy (non-hydrogen) atoms. The van der Waals surface area contributed by atoms with Gasteiger partial charge in [0, 0.05) is 23.6 Å². The summed E-state index contributed by atoms with van der Waals surface area (Å²) in [5.74, 6) is 1.17. The van der Waals surface area contributed by atoms with Gasteiger partial charge in [0.25, 0.3) is 5.91 Å². The standard InChI is InChI=1S/C21H21N5O2.C5H4OS.C2H6/c1-3-4-5-6-18-14(2)24-21(26-18)25-15-7-9-16(10-8-15)28-17-11-12-23-19(13-17)20(22)27;6-4-5-2-1-3-7-5;1-2/h3,5-13H,1,4H2,2H3,(H2,22,27)(H2,24,25,26);1-4H;1-2H3. The van der Waals surface area contributed by atoms with Crippen LogP contribution in [0.5, 0.6) is 11.5 Å². The number of aromatic nitrogens is 3. The van der Waals surface area contributed by atoms with E-state index < -0.39 is 5.91 Å². The van der Waals surface area contributed by atoms with Gasteiger partial charge in [0.1, 0.15) is 17.2 Å². The number of thiophene rings is 1. The second-order valence-electron chi connectivity index (χ2n) is 7.15. The summed E-state index contributed by atoms with van der Waals surface area (Å²) in [6, 6.07) is 14.2. The summed E-state index contributed by atoms with van der Waals surface area (Å²) in [6.07, 6.45) is 8.94. The molecule has 0 unspecified atom stereocenters. The normalized spacial score (nSPS) is 9.92. The Kier molecular flexibility index (Phi) is 12.0. The van der Waals surface area contributed by atoms with Crippen LogP contribution in [0.4, 0.5) is 11.6 Å². The second-order valence-corrected chi connectivity index (χ2v) is 8.13. The largest absolute Gasteiger partial charge is 0.457 e. The quantitative estimate of drug-likeness (QED) is 0.163. The maximum atomic E-state index is 11.2. The molecule has 0 aliphatic carbocycles. The molecule has 192 valence electrons. The molecule has 0 aliphatic rings. The zero-order valence-corrected chi connectivity index (χ0v) is 21.9. The number of anilines is 2. The predicted molar refractivity (Wildman–Crippen MR) is 151 cm³/mol. The number of benzene rings is 1. The molecule has 4 aromatic rings. The summed E-state index contributed by atoms with van der Waals surface area (Å²) in [7, 11) is 0. The first-order chi connectivity index (χ1) is 18.0. The lowest BCUT2D eigenvalue weighted by Gasteiger charge is -2.08. The highest BCUT2D eigenvalue weighted by Crippen LogP contribution is 2.24.